The molecule has 110 valence electrons. The van der Waals surface area contributed by atoms with Gasteiger partial charge in [0.2, 0.25) is 0 Å². The first kappa shape index (κ1) is 13.7. The lowest BCUT2D eigenvalue weighted by atomic mass is 10.2. The van der Waals surface area contributed by atoms with Gasteiger partial charge >= 0.3 is 0 Å². The molecule has 1 fully saturated rings. The van der Waals surface area contributed by atoms with Crippen LogP contribution in [0.25, 0.3) is 6.08 Å². The van der Waals surface area contributed by atoms with Gasteiger partial charge in [-0.25, -0.2) is 0 Å². The lowest BCUT2D eigenvalue weighted by Crippen LogP contribution is -2.31. The van der Waals surface area contributed by atoms with Crippen LogP contribution < -0.4 is 10.2 Å². The predicted octanol–water partition coefficient (Wildman–Crippen LogP) is 3.98. The van der Waals surface area contributed by atoms with Crippen LogP contribution in [0.5, 0.6) is 5.75 Å². The largest absolute Gasteiger partial charge is 0.507 e. The highest BCUT2D eigenvalue weighted by Crippen LogP contribution is 2.47. The Kier molecular flexibility index (Phi) is 3.16. The summed E-state index contributed by atoms with van der Waals surface area (Å²) in [6.07, 6.45) is 1.73. The maximum absolute atomic E-state index is 12.7. The van der Waals surface area contributed by atoms with Crippen molar-refractivity contribution in [1.29, 1.82) is 0 Å². The van der Waals surface area contributed by atoms with Crippen molar-refractivity contribution in [3.63, 3.8) is 0 Å². The molecule has 1 saturated heterocycles. The number of carbonyl (C=O) groups excluding carboxylic acids is 1. The van der Waals surface area contributed by atoms with Crippen LogP contribution >= 0.6 is 27.7 Å². The Morgan fingerprint density at radius 1 is 1.27 bits per heavy atom. The van der Waals surface area contributed by atoms with E-state index in [1.165, 1.54) is 11.8 Å². The lowest BCUT2D eigenvalue weighted by Gasteiger charge is -2.12. The fourth-order valence-electron chi connectivity index (χ4n) is 2.60. The van der Waals surface area contributed by atoms with Crippen molar-refractivity contribution in [3.8, 4) is 5.75 Å². The van der Waals surface area contributed by atoms with Crippen LogP contribution in [0.3, 0.4) is 0 Å². The summed E-state index contributed by atoms with van der Waals surface area (Å²) in [6.45, 7) is 0. The molecule has 4 rings (SSSR count). The molecule has 0 radical (unpaired) electrons. The zero-order valence-corrected chi connectivity index (χ0v) is 13.7. The molecule has 1 atom stereocenters. The number of phenolic OH excluding ortho intramolecular Hbond substituents is 1. The number of amides is 1. The molecule has 0 saturated carbocycles. The van der Waals surface area contributed by atoms with Gasteiger partial charge < -0.3 is 10.4 Å². The molecule has 0 aromatic heterocycles. The van der Waals surface area contributed by atoms with Gasteiger partial charge in [0.25, 0.3) is 5.91 Å². The first-order chi connectivity index (χ1) is 10.6. The Bertz CT molecular complexity index is 822. The molecule has 2 aliphatic heterocycles. The number of hydrogen-bond acceptors (Lipinski definition) is 4. The minimum absolute atomic E-state index is 0.0492. The summed E-state index contributed by atoms with van der Waals surface area (Å²) in [7, 11) is 0. The van der Waals surface area contributed by atoms with Crippen molar-refractivity contribution in [2.45, 2.75) is 5.50 Å². The number of aromatic hydroxyl groups is 1. The zero-order valence-electron chi connectivity index (χ0n) is 11.3. The zero-order chi connectivity index (χ0) is 15.3. The van der Waals surface area contributed by atoms with E-state index in [4.69, 9.17) is 0 Å². The average Bonchev–Trinajstić information content (AvgIpc) is 3.00. The van der Waals surface area contributed by atoms with Gasteiger partial charge in [0.15, 0.2) is 5.50 Å². The molecule has 1 amide bonds. The second-order valence-corrected chi connectivity index (χ2v) is 7.06. The Balaban J connectivity index is 1.72. The highest BCUT2D eigenvalue weighted by Gasteiger charge is 2.42. The highest BCUT2D eigenvalue weighted by atomic mass is 79.9. The normalized spacial score (nSPS) is 21.0. The van der Waals surface area contributed by atoms with E-state index in [9.17, 15) is 9.90 Å². The van der Waals surface area contributed by atoms with Gasteiger partial charge in [-0.05, 0) is 36.4 Å². The van der Waals surface area contributed by atoms with E-state index in [-0.39, 0.29) is 17.2 Å². The number of phenols is 1. The van der Waals surface area contributed by atoms with E-state index in [2.05, 4.69) is 21.2 Å². The SMILES string of the molecule is O=C1/C(=C/c2cc(Br)ccc2O)S[C@H]2Nc3ccccc3N12. The van der Waals surface area contributed by atoms with Crippen LogP contribution in [0.1, 0.15) is 5.56 Å². The fourth-order valence-corrected chi connectivity index (χ4v) is 4.11. The van der Waals surface area contributed by atoms with E-state index in [1.807, 2.05) is 24.3 Å². The monoisotopic (exact) mass is 374 g/mol. The van der Waals surface area contributed by atoms with E-state index >= 15 is 0 Å². The number of hydrogen-bond donors (Lipinski definition) is 2. The molecule has 0 unspecified atom stereocenters. The van der Waals surface area contributed by atoms with Crippen LogP contribution in [0.2, 0.25) is 0 Å². The third kappa shape index (κ3) is 2.10. The van der Waals surface area contributed by atoms with Crippen molar-refractivity contribution in [3.05, 3.63) is 57.4 Å². The Hall–Kier alpha value is -1.92. The number of halogens is 1. The number of para-hydroxylation sites is 2. The third-order valence-electron chi connectivity index (χ3n) is 3.62. The molecule has 2 N–H and O–H groups in total. The van der Waals surface area contributed by atoms with Gasteiger partial charge in [0, 0.05) is 10.0 Å². The number of thioether (sulfide) groups is 1. The standard InChI is InChI=1S/C16H11BrN2O2S/c17-10-5-6-13(20)9(7-10)8-14-15(21)19-12-4-2-1-3-11(12)18-16(19)22-14/h1-8,16,18,20H/b14-8-/t16-/m0/s1. The number of rotatable bonds is 1. The summed E-state index contributed by atoms with van der Waals surface area (Å²) in [5.41, 5.74) is 2.37. The summed E-state index contributed by atoms with van der Waals surface area (Å²) in [5.74, 6) is 0.108. The van der Waals surface area contributed by atoms with Crippen molar-refractivity contribution in [2.24, 2.45) is 0 Å². The van der Waals surface area contributed by atoms with Crippen LogP contribution in [0.4, 0.5) is 11.4 Å². The molecule has 0 aliphatic carbocycles. The van der Waals surface area contributed by atoms with Gasteiger partial charge in [-0.3, -0.25) is 9.69 Å². The minimum atomic E-state index is -0.120. The molecule has 2 aromatic rings. The van der Waals surface area contributed by atoms with E-state index in [1.54, 1.807) is 29.2 Å². The molecule has 4 nitrogen and oxygen atoms in total. The number of fused-ring (bicyclic) bond motifs is 3. The summed E-state index contributed by atoms with van der Waals surface area (Å²) in [5, 5.41) is 13.3. The Labute approximate surface area is 140 Å². The van der Waals surface area contributed by atoms with E-state index in [0.29, 0.717) is 10.5 Å². The number of nitrogens with one attached hydrogen (secondary N) is 1. The van der Waals surface area contributed by atoms with Gasteiger partial charge in [-0.2, -0.15) is 0 Å². The number of nitrogens with zero attached hydrogens (tertiary/aromatic N) is 1. The molecule has 0 spiro atoms. The maximum atomic E-state index is 12.7. The first-order valence-corrected chi connectivity index (χ1v) is 8.37. The van der Waals surface area contributed by atoms with Gasteiger partial charge in [-0.1, -0.05) is 39.8 Å². The van der Waals surface area contributed by atoms with E-state index < -0.39 is 0 Å². The first-order valence-electron chi connectivity index (χ1n) is 6.69. The van der Waals surface area contributed by atoms with Crippen LogP contribution in [0.15, 0.2) is 51.8 Å². The van der Waals surface area contributed by atoms with Gasteiger partial charge in [0.1, 0.15) is 5.75 Å². The molecular weight excluding hydrogens is 364 g/mol. The predicted molar refractivity (Wildman–Crippen MR) is 92.7 cm³/mol. The maximum Gasteiger partial charge on any atom is 0.267 e. The third-order valence-corrected chi connectivity index (χ3v) is 5.21. The van der Waals surface area contributed by atoms with Crippen LogP contribution in [-0.2, 0) is 4.79 Å². The van der Waals surface area contributed by atoms with Crippen molar-refractivity contribution >= 4 is 51.0 Å². The molecule has 0 bridgehead atoms. The molecule has 2 aromatic carbocycles. The second-order valence-electron chi connectivity index (χ2n) is 5.02. The number of benzene rings is 2. The molecule has 2 heterocycles. The topological polar surface area (TPSA) is 52.6 Å². The quantitative estimate of drug-likeness (QED) is 0.741. The summed E-state index contributed by atoms with van der Waals surface area (Å²) in [4.78, 5) is 15.0. The van der Waals surface area contributed by atoms with Crippen LogP contribution in [-0.4, -0.2) is 16.5 Å². The summed E-state index contributed by atoms with van der Waals surface area (Å²) >= 11 is 4.83. The Morgan fingerprint density at radius 3 is 2.95 bits per heavy atom. The van der Waals surface area contributed by atoms with Gasteiger partial charge in [-0.15, -0.1) is 0 Å². The molecular formula is C16H11BrN2O2S. The molecule has 22 heavy (non-hydrogen) atoms. The van der Waals surface area contributed by atoms with Crippen LogP contribution in [0, 0.1) is 0 Å². The number of anilines is 2. The van der Waals surface area contributed by atoms with Crippen molar-refractivity contribution in [2.75, 3.05) is 10.2 Å². The van der Waals surface area contributed by atoms with E-state index in [0.717, 1.165) is 15.8 Å². The van der Waals surface area contributed by atoms with Gasteiger partial charge in [0.05, 0.1) is 16.3 Å². The summed E-state index contributed by atoms with van der Waals surface area (Å²) < 4.78 is 0.858. The minimum Gasteiger partial charge on any atom is -0.507 e. The second kappa shape index (κ2) is 5.07. The van der Waals surface area contributed by atoms with Crippen molar-refractivity contribution in [1.82, 2.24) is 0 Å². The fraction of sp³-hybridized carbons (Fsp3) is 0.0625. The molecule has 6 heteroatoms. The smallest absolute Gasteiger partial charge is 0.267 e. The summed E-state index contributed by atoms with van der Waals surface area (Å²) in [6, 6.07) is 12.9. The highest BCUT2D eigenvalue weighted by molar-refractivity contribution is 9.10. The average molecular weight is 375 g/mol. The Morgan fingerprint density at radius 2 is 2.09 bits per heavy atom. The van der Waals surface area contributed by atoms with Crippen molar-refractivity contribution < 1.29 is 9.90 Å². The number of carbonyl (C=O) groups is 1. The lowest BCUT2D eigenvalue weighted by molar-refractivity contribution is -0.114. The molecule has 2 aliphatic rings.